The number of benzene rings is 1. The first-order valence-corrected chi connectivity index (χ1v) is 5.86. The molecule has 0 aliphatic heterocycles. The zero-order chi connectivity index (χ0) is 12.7. The Bertz CT molecular complexity index is 366. The van der Waals surface area contributed by atoms with Crippen molar-refractivity contribution in [1.29, 1.82) is 0 Å². The Balaban J connectivity index is 2.75. The van der Waals surface area contributed by atoms with Crippen LogP contribution in [0.2, 0.25) is 0 Å². The highest BCUT2D eigenvalue weighted by Gasteiger charge is 2.14. The molecular weight excluding hydrogens is 216 g/mol. The molecule has 0 saturated carbocycles. The van der Waals surface area contributed by atoms with E-state index in [4.69, 9.17) is 10.5 Å². The molecule has 4 nitrogen and oxygen atoms in total. The van der Waals surface area contributed by atoms with Gasteiger partial charge in [0.2, 0.25) is 0 Å². The van der Waals surface area contributed by atoms with Crippen LogP contribution in [0.5, 0.6) is 5.75 Å². The summed E-state index contributed by atoms with van der Waals surface area (Å²) in [5, 5.41) is 2.96. The van der Waals surface area contributed by atoms with Gasteiger partial charge in [0, 0.05) is 6.04 Å². The van der Waals surface area contributed by atoms with E-state index in [9.17, 15) is 4.79 Å². The lowest BCUT2D eigenvalue weighted by Crippen LogP contribution is -2.36. The van der Waals surface area contributed by atoms with Gasteiger partial charge in [0.1, 0.15) is 5.75 Å². The van der Waals surface area contributed by atoms with Crippen LogP contribution in [0.25, 0.3) is 0 Å². The molecule has 0 spiro atoms. The molecule has 94 valence electrons. The van der Waals surface area contributed by atoms with Crippen molar-refractivity contribution < 1.29 is 9.53 Å². The van der Waals surface area contributed by atoms with Gasteiger partial charge in [-0.3, -0.25) is 4.79 Å². The molecule has 0 aliphatic carbocycles. The van der Waals surface area contributed by atoms with Crippen molar-refractivity contribution in [1.82, 2.24) is 5.32 Å². The van der Waals surface area contributed by atoms with E-state index < -0.39 is 0 Å². The summed E-state index contributed by atoms with van der Waals surface area (Å²) in [6.45, 7) is 2.60. The van der Waals surface area contributed by atoms with Gasteiger partial charge < -0.3 is 15.8 Å². The molecule has 1 aromatic rings. The third kappa shape index (κ3) is 3.75. The third-order valence-corrected chi connectivity index (χ3v) is 2.69. The average Bonchev–Trinajstić information content (AvgIpc) is 2.38. The van der Waals surface area contributed by atoms with Crippen LogP contribution >= 0.6 is 0 Å². The van der Waals surface area contributed by atoms with Crippen molar-refractivity contribution in [2.45, 2.75) is 25.8 Å². The number of carbonyl (C=O) groups excluding carboxylic acids is 1. The van der Waals surface area contributed by atoms with Crippen molar-refractivity contribution in [3.63, 3.8) is 0 Å². The summed E-state index contributed by atoms with van der Waals surface area (Å²) in [4.78, 5) is 12.0. The molecule has 0 aliphatic rings. The van der Waals surface area contributed by atoms with Crippen molar-refractivity contribution in [3.8, 4) is 5.75 Å². The molecule has 4 heteroatoms. The highest BCUT2D eigenvalue weighted by Crippen LogP contribution is 2.17. The van der Waals surface area contributed by atoms with Crippen molar-refractivity contribution in [2.24, 2.45) is 5.73 Å². The highest BCUT2D eigenvalue weighted by atomic mass is 16.5. The second-order valence-corrected chi connectivity index (χ2v) is 3.86. The molecule has 0 heterocycles. The van der Waals surface area contributed by atoms with E-state index in [1.807, 2.05) is 19.1 Å². The largest absolute Gasteiger partial charge is 0.496 e. The third-order valence-electron chi connectivity index (χ3n) is 2.69. The maximum Gasteiger partial charge on any atom is 0.255 e. The average molecular weight is 236 g/mol. The highest BCUT2D eigenvalue weighted by molar-refractivity contribution is 5.97. The van der Waals surface area contributed by atoms with Gasteiger partial charge >= 0.3 is 0 Å². The van der Waals surface area contributed by atoms with Crippen molar-refractivity contribution >= 4 is 5.91 Å². The summed E-state index contributed by atoms with van der Waals surface area (Å²) in [6, 6.07) is 7.31. The predicted molar refractivity (Wildman–Crippen MR) is 68.2 cm³/mol. The number of hydrogen-bond acceptors (Lipinski definition) is 3. The second kappa shape index (κ2) is 6.91. The van der Waals surface area contributed by atoms with E-state index in [1.54, 1.807) is 19.2 Å². The fraction of sp³-hybridized carbons (Fsp3) is 0.462. The minimum atomic E-state index is -0.109. The van der Waals surface area contributed by atoms with Crippen molar-refractivity contribution in [2.75, 3.05) is 13.7 Å². The molecule has 0 saturated heterocycles. The summed E-state index contributed by atoms with van der Waals surface area (Å²) in [7, 11) is 1.56. The zero-order valence-electron chi connectivity index (χ0n) is 10.4. The number of carbonyl (C=O) groups is 1. The number of nitrogens with two attached hydrogens (primary N) is 1. The first-order chi connectivity index (χ1) is 8.22. The van der Waals surface area contributed by atoms with Gasteiger partial charge in [-0.1, -0.05) is 19.1 Å². The Morgan fingerprint density at radius 1 is 1.47 bits per heavy atom. The van der Waals surface area contributed by atoms with Gasteiger partial charge in [-0.05, 0) is 31.5 Å². The molecule has 1 aromatic carbocycles. The molecule has 17 heavy (non-hydrogen) atoms. The van der Waals surface area contributed by atoms with Gasteiger partial charge in [0.05, 0.1) is 12.7 Å². The lowest BCUT2D eigenvalue weighted by atomic mass is 10.1. The van der Waals surface area contributed by atoms with E-state index in [-0.39, 0.29) is 11.9 Å². The van der Waals surface area contributed by atoms with Crippen LogP contribution in [0.15, 0.2) is 24.3 Å². The standard InChI is InChI=1S/C13H20N2O2/c1-3-10(8-9-14)15-13(16)11-6-4-5-7-12(11)17-2/h4-7,10H,3,8-9,14H2,1-2H3,(H,15,16). The maximum atomic E-state index is 12.0. The fourth-order valence-electron chi connectivity index (χ4n) is 1.67. The van der Waals surface area contributed by atoms with Gasteiger partial charge in [-0.2, -0.15) is 0 Å². The number of amides is 1. The Morgan fingerprint density at radius 3 is 2.76 bits per heavy atom. The number of methoxy groups -OCH3 is 1. The Morgan fingerprint density at radius 2 is 2.18 bits per heavy atom. The van der Waals surface area contributed by atoms with Gasteiger partial charge in [0.15, 0.2) is 0 Å². The minimum Gasteiger partial charge on any atom is -0.496 e. The normalized spacial score (nSPS) is 11.9. The summed E-state index contributed by atoms with van der Waals surface area (Å²) in [5.74, 6) is 0.482. The van der Waals surface area contributed by atoms with Gasteiger partial charge in [-0.15, -0.1) is 0 Å². The predicted octanol–water partition coefficient (Wildman–Crippen LogP) is 1.55. The summed E-state index contributed by atoms with van der Waals surface area (Å²) in [5.41, 5.74) is 6.06. The molecule has 0 aromatic heterocycles. The lowest BCUT2D eigenvalue weighted by molar-refractivity contribution is 0.0931. The van der Waals surface area contributed by atoms with Crippen molar-refractivity contribution in [3.05, 3.63) is 29.8 Å². The molecule has 1 amide bonds. The quantitative estimate of drug-likeness (QED) is 0.787. The van der Waals surface area contributed by atoms with E-state index in [0.29, 0.717) is 17.9 Å². The number of hydrogen-bond donors (Lipinski definition) is 2. The first kappa shape index (κ1) is 13.5. The van der Waals surface area contributed by atoms with Crippen LogP contribution in [0, 0.1) is 0 Å². The Kier molecular flexibility index (Phi) is 5.49. The monoisotopic (exact) mass is 236 g/mol. The van der Waals surface area contributed by atoms with Gasteiger partial charge in [0.25, 0.3) is 5.91 Å². The van der Waals surface area contributed by atoms with E-state index >= 15 is 0 Å². The minimum absolute atomic E-state index is 0.109. The second-order valence-electron chi connectivity index (χ2n) is 3.86. The summed E-state index contributed by atoms with van der Waals surface area (Å²) < 4.78 is 5.16. The molecule has 0 radical (unpaired) electrons. The first-order valence-electron chi connectivity index (χ1n) is 5.86. The molecule has 1 atom stereocenters. The van der Waals surface area contributed by atoms with Crippen LogP contribution in [-0.4, -0.2) is 25.6 Å². The van der Waals surface area contributed by atoms with Crippen LogP contribution in [0.3, 0.4) is 0 Å². The molecule has 1 unspecified atom stereocenters. The molecule has 1 rings (SSSR count). The molecule has 3 N–H and O–H groups in total. The van der Waals surface area contributed by atoms with E-state index in [0.717, 1.165) is 12.8 Å². The Labute approximate surface area is 102 Å². The smallest absolute Gasteiger partial charge is 0.255 e. The van der Waals surface area contributed by atoms with Crippen LogP contribution in [0.1, 0.15) is 30.1 Å². The molecular formula is C13H20N2O2. The summed E-state index contributed by atoms with van der Waals surface area (Å²) in [6.07, 6.45) is 1.66. The molecule has 0 fully saturated rings. The number of para-hydroxylation sites is 1. The number of nitrogens with one attached hydrogen (secondary N) is 1. The van der Waals surface area contributed by atoms with Crippen LogP contribution < -0.4 is 15.8 Å². The summed E-state index contributed by atoms with van der Waals surface area (Å²) >= 11 is 0. The van der Waals surface area contributed by atoms with Crippen LogP contribution in [-0.2, 0) is 0 Å². The van der Waals surface area contributed by atoms with Crippen LogP contribution in [0.4, 0.5) is 0 Å². The fourth-order valence-corrected chi connectivity index (χ4v) is 1.67. The zero-order valence-corrected chi connectivity index (χ0v) is 10.4. The lowest BCUT2D eigenvalue weighted by Gasteiger charge is -2.17. The van der Waals surface area contributed by atoms with E-state index in [2.05, 4.69) is 5.32 Å². The SMILES string of the molecule is CCC(CCN)NC(=O)c1ccccc1OC. The number of ether oxygens (including phenoxy) is 1. The maximum absolute atomic E-state index is 12.0. The Hall–Kier alpha value is -1.55. The van der Waals surface area contributed by atoms with Gasteiger partial charge in [-0.25, -0.2) is 0 Å². The van der Waals surface area contributed by atoms with E-state index in [1.165, 1.54) is 0 Å². The number of rotatable bonds is 6. The topological polar surface area (TPSA) is 64.3 Å². The molecule has 0 bridgehead atoms.